The van der Waals surface area contributed by atoms with Crippen molar-refractivity contribution < 1.29 is 23.9 Å². The summed E-state index contributed by atoms with van der Waals surface area (Å²) in [5.74, 6) is -1.05. The lowest BCUT2D eigenvalue weighted by atomic mass is 9.88. The van der Waals surface area contributed by atoms with Crippen LogP contribution in [0.15, 0.2) is 60.7 Å². The summed E-state index contributed by atoms with van der Waals surface area (Å²) >= 11 is 0. The number of hydrogen-bond acceptors (Lipinski definition) is 6. The smallest absolute Gasteiger partial charge is 0.344 e. The van der Waals surface area contributed by atoms with Gasteiger partial charge in [-0.25, -0.2) is 4.79 Å². The number of esters is 2. The maximum Gasteiger partial charge on any atom is 0.344 e. The first-order valence-electron chi connectivity index (χ1n) is 8.84. The van der Waals surface area contributed by atoms with E-state index in [0.29, 0.717) is 25.1 Å². The van der Waals surface area contributed by atoms with Gasteiger partial charge < -0.3 is 9.47 Å². The fourth-order valence-corrected chi connectivity index (χ4v) is 3.34. The van der Waals surface area contributed by atoms with Crippen molar-refractivity contribution in [1.82, 2.24) is 5.06 Å². The molecule has 2 atom stereocenters. The molecule has 0 unspecified atom stereocenters. The van der Waals surface area contributed by atoms with E-state index in [0.717, 1.165) is 5.56 Å². The van der Waals surface area contributed by atoms with E-state index < -0.39 is 23.6 Å². The molecule has 0 amide bonds. The lowest BCUT2D eigenvalue weighted by molar-refractivity contribution is -0.244. The molecule has 0 N–H and O–H groups in total. The van der Waals surface area contributed by atoms with Crippen molar-refractivity contribution in [3.8, 4) is 0 Å². The van der Waals surface area contributed by atoms with Crippen molar-refractivity contribution in [3.63, 3.8) is 0 Å². The highest BCUT2D eigenvalue weighted by Crippen LogP contribution is 2.41. The molecule has 1 fully saturated rings. The molecular weight excluding hydrogens is 346 g/mol. The van der Waals surface area contributed by atoms with Crippen LogP contribution in [0.3, 0.4) is 0 Å². The minimum atomic E-state index is -1.42. The third-order valence-corrected chi connectivity index (χ3v) is 4.57. The molecule has 3 rings (SSSR count). The van der Waals surface area contributed by atoms with Gasteiger partial charge in [0, 0.05) is 26.4 Å². The van der Waals surface area contributed by atoms with Gasteiger partial charge in [0.05, 0.1) is 7.11 Å². The summed E-state index contributed by atoms with van der Waals surface area (Å²) in [6, 6.07) is 18.9. The van der Waals surface area contributed by atoms with Gasteiger partial charge in [-0.2, -0.15) is 5.06 Å². The molecular formula is C21H23NO5. The number of nitrogens with zero attached hydrogens (tertiary/aromatic N) is 1. The van der Waals surface area contributed by atoms with Crippen molar-refractivity contribution in [2.24, 2.45) is 0 Å². The third-order valence-electron chi connectivity index (χ3n) is 4.57. The Morgan fingerprint density at radius 3 is 2.33 bits per heavy atom. The Kier molecular flexibility index (Phi) is 5.88. The molecule has 0 saturated carbocycles. The maximum absolute atomic E-state index is 12.8. The molecule has 1 saturated heterocycles. The molecule has 2 aromatic rings. The molecule has 1 aliphatic heterocycles. The van der Waals surface area contributed by atoms with Gasteiger partial charge in [0.1, 0.15) is 0 Å². The molecule has 0 bridgehead atoms. The summed E-state index contributed by atoms with van der Waals surface area (Å²) in [7, 11) is 1.31. The highest BCUT2D eigenvalue weighted by atomic mass is 16.7. The molecule has 6 nitrogen and oxygen atoms in total. The Morgan fingerprint density at radius 2 is 1.74 bits per heavy atom. The lowest BCUT2D eigenvalue weighted by Crippen LogP contribution is -2.47. The Bertz CT molecular complexity index is 780. The second-order valence-corrected chi connectivity index (χ2v) is 6.47. The van der Waals surface area contributed by atoms with Gasteiger partial charge in [-0.05, 0) is 11.1 Å². The average Bonchev–Trinajstić information content (AvgIpc) is 3.11. The third kappa shape index (κ3) is 4.18. The summed E-state index contributed by atoms with van der Waals surface area (Å²) < 4.78 is 10.6. The van der Waals surface area contributed by atoms with Gasteiger partial charge in [0.15, 0.2) is 6.10 Å². The largest absolute Gasteiger partial charge is 0.467 e. The Labute approximate surface area is 158 Å². The van der Waals surface area contributed by atoms with E-state index in [4.69, 9.17) is 14.3 Å². The summed E-state index contributed by atoms with van der Waals surface area (Å²) in [4.78, 5) is 30.6. The molecule has 0 aromatic heterocycles. The normalized spacial score (nSPS) is 20.8. The monoisotopic (exact) mass is 369 g/mol. The predicted octanol–water partition coefficient (Wildman–Crippen LogP) is 3.04. The van der Waals surface area contributed by atoms with Crippen LogP contribution in [0.4, 0.5) is 0 Å². The van der Waals surface area contributed by atoms with E-state index in [2.05, 4.69) is 0 Å². The number of ether oxygens (including phenoxy) is 2. The summed E-state index contributed by atoms with van der Waals surface area (Å²) in [6.07, 6.45) is -0.552. The van der Waals surface area contributed by atoms with Crippen LogP contribution in [0.5, 0.6) is 0 Å². The van der Waals surface area contributed by atoms with E-state index in [1.165, 1.54) is 14.0 Å². The van der Waals surface area contributed by atoms with Gasteiger partial charge >= 0.3 is 11.9 Å². The van der Waals surface area contributed by atoms with Crippen LogP contribution < -0.4 is 0 Å². The summed E-state index contributed by atoms with van der Waals surface area (Å²) in [5.41, 5.74) is 0.317. The van der Waals surface area contributed by atoms with Gasteiger partial charge in [-0.1, -0.05) is 60.7 Å². The minimum Gasteiger partial charge on any atom is -0.467 e. The number of carbonyl (C=O) groups excluding carboxylic acids is 2. The first-order valence-corrected chi connectivity index (χ1v) is 8.84. The van der Waals surface area contributed by atoms with Crippen LogP contribution in [-0.2, 0) is 30.4 Å². The zero-order valence-electron chi connectivity index (χ0n) is 15.5. The lowest BCUT2D eigenvalue weighted by Gasteiger charge is -2.33. The van der Waals surface area contributed by atoms with Crippen LogP contribution in [0.25, 0.3) is 0 Å². The first kappa shape index (κ1) is 19.1. The first-order chi connectivity index (χ1) is 13.0. The van der Waals surface area contributed by atoms with E-state index in [1.807, 2.05) is 60.7 Å². The maximum atomic E-state index is 12.8. The number of hydroxylamine groups is 2. The number of benzene rings is 2. The minimum absolute atomic E-state index is 0.347. The Morgan fingerprint density at radius 1 is 1.11 bits per heavy atom. The van der Waals surface area contributed by atoms with Crippen molar-refractivity contribution in [2.75, 3.05) is 13.7 Å². The van der Waals surface area contributed by atoms with E-state index in [9.17, 15) is 9.59 Å². The number of methoxy groups -OCH3 is 1. The zero-order valence-corrected chi connectivity index (χ0v) is 15.5. The van der Waals surface area contributed by atoms with Crippen LogP contribution in [0.2, 0.25) is 0 Å². The average molecular weight is 369 g/mol. The molecule has 0 spiro atoms. The molecule has 0 aliphatic carbocycles. The van der Waals surface area contributed by atoms with Crippen molar-refractivity contribution in [3.05, 3.63) is 71.8 Å². The predicted molar refractivity (Wildman–Crippen MR) is 98.3 cm³/mol. The number of hydrogen-bond donors (Lipinski definition) is 0. The molecule has 27 heavy (non-hydrogen) atoms. The van der Waals surface area contributed by atoms with E-state index >= 15 is 0 Å². The standard InChI is InChI=1S/C21H23NO5/c1-16(23)26-19(18-11-7-4-8-12-18)21(20(24)25-2)13-14-22(27-21)15-17-9-5-3-6-10-17/h3-12,19H,13-15H2,1-2H3/t19-,21+/m1/s1. The molecule has 1 aliphatic rings. The summed E-state index contributed by atoms with van der Waals surface area (Å²) in [5, 5.41) is 1.71. The Balaban J connectivity index is 1.92. The van der Waals surface area contributed by atoms with Gasteiger partial charge in [-0.3, -0.25) is 9.63 Å². The molecule has 142 valence electrons. The van der Waals surface area contributed by atoms with E-state index in [-0.39, 0.29) is 0 Å². The molecule has 0 radical (unpaired) electrons. The van der Waals surface area contributed by atoms with Crippen molar-refractivity contribution in [2.45, 2.75) is 31.6 Å². The van der Waals surface area contributed by atoms with Gasteiger partial charge in [-0.15, -0.1) is 0 Å². The SMILES string of the molecule is COC(=O)[C@@]1([C@H](OC(C)=O)c2ccccc2)CCN(Cc2ccccc2)O1. The number of carbonyl (C=O) groups is 2. The van der Waals surface area contributed by atoms with Crippen LogP contribution in [0.1, 0.15) is 30.6 Å². The highest BCUT2D eigenvalue weighted by molar-refractivity contribution is 5.81. The van der Waals surface area contributed by atoms with Crippen LogP contribution in [-0.4, -0.2) is 36.3 Å². The zero-order chi connectivity index (χ0) is 19.3. The molecule has 2 aromatic carbocycles. The second kappa shape index (κ2) is 8.33. The van der Waals surface area contributed by atoms with Gasteiger partial charge in [0.25, 0.3) is 0 Å². The van der Waals surface area contributed by atoms with E-state index in [1.54, 1.807) is 5.06 Å². The number of rotatable bonds is 6. The fourth-order valence-electron chi connectivity index (χ4n) is 3.34. The highest BCUT2D eigenvalue weighted by Gasteiger charge is 2.56. The topological polar surface area (TPSA) is 65.1 Å². The van der Waals surface area contributed by atoms with Crippen molar-refractivity contribution in [1.29, 1.82) is 0 Å². The van der Waals surface area contributed by atoms with Crippen molar-refractivity contribution >= 4 is 11.9 Å². The molecule has 1 heterocycles. The quantitative estimate of drug-likeness (QED) is 0.729. The molecule has 6 heteroatoms. The van der Waals surface area contributed by atoms with Gasteiger partial charge in [0.2, 0.25) is 5.60 Å². The van der Waals surface area contributed by atoms with Crippen LogP contribution >= 0.6 is 0 Å². The summed E-state index contributed by atoms with van der Waals surface area (Å²) in [6.45, 7) is 2.34. The Hall–Kier alpha value is -2.70. The fraction of sp³-hybridized carbons (Fsp3) is 0.333. The van der Waals surface area contributed by atoms with Crippen LogP contribution in [0, 0.1) is 0 Å². The second-order valence-electron chi connectivity index (χ2n) is 6.47.